The maximum atomic E-state index is 12.8. The Morgan fingerprint density at radius 3 is 2.39 bits per heavy atom. The van der Waals surface area contributed by atoms with E-state index in [0.717, 1.165) is 12.1 Å². The van der Waals surface area contributed by atoms with Crippen LogP contribution in [-0.4, -0.2) is 23.7 Å². The number of hydrogen-bond donors (Lipinski definition) is 4. The van der Waals surface area contributed by atoms with Crippen molar-refractivity contribution in [2.24, 2.45) is 0 Å². The highest BCUT2D eigenvalue weighted by Gasteiger charge is 2.31. The summed E-state index contributed by atoms with van der Waals surface area (Å²) in [5.41, 5.74) is 1.20. The Kier molecular flexibility index (Phi) is 7.22. The van der Waals surface area contributed by atoms with E-state index >= 15 is 0 Å². The minimum absolute atomic E-state index is 0.00561. The maximum absolute atomic E-state index is 12.8. The Morgan fingerprint density at radius 1 is 1.09 bits per heavy atom. The van der Waals surface area contributed by atoms with Crippen LogP contribution in [0, 0.1) is 0 Å². The van der Waals surface area contributed by atoms with Crippen LogP contribution in [0.1, 0.15) is 31.0 Å². The molecule has 4 N–H and O–H groups in total. The third-order valence-electron chi connectivity index (χ3n) is 4.71. The number of esters is 1. The molecule has 0 aromatic heterocycles. The molecule has 33 heavy (non-hydrogen) atoms. The van der Waals surface area contributed by atoms with E-state index in [9.17, 15) is 22.8 Å². The van der Waals surface area contributed by atoms with Gasteiger partial charge >= 0.3 is 18.2 Å². The largest absolute Gasteiger partial charge is 0.463 e. The molecule has 11 heteroatoms. The molecule has 0 saturated heterocycles. The minimum Gasteiger partial charge on any atom is -0.463 e. The van der Waals surface area contributed by atoms with E-state index in [2.05, 4.69) is 21.3 Å². The van der Waals surface area contributed by atoms with E-state index in [1.807, 2.05) is 0 Å². The van der Waals surface area contributed by atoms with Crippen molar-refractivity contribution in [3.05, 3.63) is 70.9 Å². The summed E-state index contributed by atoms with van der Waals surface area (Å²) in [4.78, 5) is 24.7. The normalized spacial score (nSPS) is 15.9. The highest BCUT2D eigenvalue weighted by atomic mass is 32.1. The first-order valence-corrected chi connectivity index (χ1v) is 10.3. The predicted molar refractivity (Wildman–Crippen MR) is 121 cm³/mol. The first-order chi connectivity index (χ1) is 15.6. The zero-order chi connectivity index (χ0) is 24.2. The topological polar surface area (TPSA) is 91.5 Å². The number of halogens is 3. The van der Waals surface area contributed by atoms with Crippen molar-refractivity contribution in [2.75, 3.05) is 17.2 Å². The third-order valence-corrected chi connectivity index (χ3v) is 4.93. The molecule has 0 bridgehead atoms. The van der Waals surface area contributed by atoms with Crippen LogP contribution >= 0.6 is 12.2 Å². The molecule has 7 nitrogen and oxygen atoms in total. The van der Waals surface area contributed by atoms with Gasteiger partial charge in [0, 0.05) is 17.1 Å². The number of allylic oxidation sites excluding steroid dienone is 1. The van der Waals surface area contributed by atoms with Crippen LogP contribution in [-0.2, 0) is 15.7 Å². The van der Waals surface area contributed by atoms with Crippen LogP contribution in [0.15, 0.2) is 59.8 Å². The number of amides is 2. The summed E-state index contributed by atoms with van der Waals surface area (Å²) in [5, 5.41) is 11.2. The number of benzene rings is 2. The minimum atomic E-state index is -4.51. The zero-order valence-electron chi connectivity index (χ0n) is 17.7. The van der Waals surface area contributed by atoms with Gasteiger partial charge in [0.25, 0.3) is 0 Å². The fourth-order valence-corrected chi connectivity index (χ4v) is 3.52. The summed E-state index contributed by atoms with van der Waals surface area (Å²) >= 11 is 5.20. The van der Waals surface area contributed by atoms with Gasteiger partial charge < -0.3 is 26.0 Å². The van der Waals surface area contributed by atoms with E-state index in [-0.39, 0.29) is 12.3 Å². The van der Waals surface area contributed by atoms with Crippen molar-refractivity contribution in [3.63, 3.8) is 0 Å². The smallest absolute Gasteiger partial charge is 0.416 e. The Balaban J connectivity index is 1.72. The molecular formula is C22H21F3N4O3S. The molecule has 0 spiro atoms. The first-order valence-electron chi connectivity index (χ1n) is 9.89. The van der Waals surface area contributed by atoms with Gasteiger partial charge in [-0.05, 0) is 62.0 Å². The molecule has 174 valence electrons. The number of hydrogen-bond acceptors (Lipinski definition) is 4. The number of carbonyl (C=O) groups excluding carboxylic acids is 2. The van der Waals surface area contributed by atoms with Crippen molar-refractivity contribution in [1.29, 1.82) is 0 Å². The van der Waals surface area contributed by atoms with Gasteiger partial charge in [0.05, 0.1) is 23.8 Å². The van der Waals surface area contributed by atoms with Gasteiger partial charge in [-0.2, -0.15) is 13.2 Å². The van der Waals surface area contributed by atoms with Crippen LogP contribution in [0.5, 0.6) is 0 Å². The number of alkyl halides is 3. The average molecular weight is 478 g/mol. The van der Waals surface area contributed by atoms with Gasteiger partial charge in [-0.15, -0.1) is 0 Å². The molecule has 1 atom stereocenters. The predicted octanol–water partition coefficient (Wildman–Crippen LogP) is 4.71. The highest BCUT2D eigenvalue weighted by Crippen LogP contribution is 2.31. The van der Waals surface area contributed by atoms with Gasteiger partial charge in [0.15, 0.2) is 5.11 Å². The number of carbonyl (C=O) groups is 2. The second-order valence-corrected chi connectivity index (χ2v) is 7.48. The number of nitrogens with one attached hydrogen (secondary N) is 4. The average Bonchev–Trinajstić information content (AvgIpc) is 2.73. The lowest BCUT2D eigenvalue weighted by Crippen LogP contribution is -2.45. The van der Waals surface area contributed by atoms with E-state index in [1.54, 1.807) is 38.1 Å². The van der Waals surface area contributed by atoms with Crippen LogP contribution in [0.4, 0.5) is 29.3 Å². The standard InChI is InChI=1S/C22H21F3N4O3S/c1-3-32-19(30)17-12(2)26-21(33)29-18(17)13-7-9-15(10-8-13)27-20(31)28-16-6-4-5-14(11-16)22(23,24)25/h4-11,18H,3H2,1-2H3,(H2,26,29,33)(H2,27,28,31). The van der Waals surface area contributed by atoms with Crippen LogP contribution in [0.2, 0.25) is 0 Å². The van der Waals surface area contributed by atoms with Gasteiger partial charge in [-0.3, -0.25) is 0 Å². The Hall–Kier alpha value is -3.60. The van der Waals surface area contributed by atoms with Crippen molar-refractivity contribution in [2.45, 2.75) is 26.1 Å². The Morgan fingerprint density at radius 2 is 1.76 bits per heavy atom. The summed E-state index contributed by atoms with van der Waals surface area (Å²) in [6.07, 6.45) is -4.51. The van der Waals surface area contributed by atoms with E-state index in [1.165, 1.54) is 12.1 Å². The molecular weight excluding hydrogens is 457 g/mol. The fourth-order valence-electron chi connectivity index (χ4n) is 3.25. The molecule has 1 heterocycles. The lowest BCUT2D eigenvalue weighted by atomic mass is 9.95. The molecule has 1 unspecified atom stereocenters. The summed E-state index contributed by atoms with van der Waals surface area (Å²) < 4.78 is 43.6. The molecule has 1 aliphatic rings. The number of ether oxygens (including phenoxy) is 1. The molecule has 0 aliphatic carbocycles. The van der Waals surface area contributed by atoms with Crippen LogP contribution in [0.3, 0.4) is 0 Å². The summed E-state index contributed by atoms with van der Waals surface area (Å²) in [6.45, 7) is 3.65. The quantitative estimate of drug-likeness (QED) is 0.368. The molecule has 3 rings (SSSR count). The van der Waals surface area contributed by atoms with E-state index in [0.29, 0.717) is 27.6 Å². The molecule has 1 aliphatic heterocycles. The van der Waals surface area contributed by atoms with Gasteiger partial charge in [0.1, 0.15) is 0 Å². The van der Waals surface area contributed by atoms with Crippen molar-refractivity contribution in [3.8, 4) is 0 Å². The van der Waals surface area contributed by atoms with Crippen molar-refractivity contribution >= 4 is 40.7 Å². The zero-order valence-corrected chi connectivity index (χ0v) is 18.5. The second-order valence-electron chi connectivity index (χ2n) is 7.07. The fraction of sp³-hybridized carbons (Fsp3) is 0.227. The Bertz CT molecular complexity index is 1100. The SMILES string of the molecule is CCOC(=O)C1=C(C)NC(=S)NC1c1ccc(NC(=O)Nc2cccc(C(F)(F)F)c2)cc1. The molecule has 2 aromatic rings. The first kappa shape index (κ1) is 24.1. The lowest BCUT2D eigenvalue weighted by molar-refractivity contribution is -0.139. The lowest BCUT2D eigenvalue weighted by Gasteiger charge is -2.29. The molecule has 0 radical (unpaired) electrons. The van der Waals surface area contributed by atoms with E-state index in [4.69, 9.17) is 17.0 Å². The highest BCUT2D eigenvalue weighted by molar-refractivity contribution is 7.80. The second kappa shape index (κ2) is 9.90. The molecule has 2 aromatic carbocycles. The van der Waals surface area contributed by atoms with Gasteiger partial charge in [-0.1, -0.05) is 18.2 Å². The van der Waals surface area contributed by atoms with Crippen molar-refractivity contribution in [1.82, 2.24) is 10.6 Å². The third kappa shape index (κ3) is 6.01. The maximum Gasteiger partial charge on any atom is 0.416 e. The number of rotatable bonds is 5. The Labute approximate surface area is 193 Å². The van der Waals surface area contributed by atoms with Crippen LogP contribution in [0.25, 0.3) is 0 Å². The molecule has 0 fully saturated rings. The van der Waals surface area contributed by atoms with Crippen molar-refractivity contribution < 1.29 is 27.5 Å². The van der Waals surface area contributed by atoms with E-state index < -0.39 is 29.8 Å². The number of thiocarbonyl (C=S) groups is 1. The summed E-state index contributed by atoms with van der Waals surface area (Å²) in [6, 6.07) is 9.67. The molecule has 2 amide bonds. The number of anilines is 2. The summed E-state index contributed by atoms with van der Waals surface area (Å²) in [7, 11) is 0. The monoisotopic (exact) mass is 478 g/mol. The summed E-state index contributed by atoms with van der Waals surface area (Å²) in [5.74, 6) is -0.481. The molecule has 0 saturated carbocycles. The number of urea groups is 1. The van der Waals surface area contributed by atoms with Gasteiger partial charge in [0.2, 0.25) is 0 Å². The van der Waals surface area contributed by atoms with Crippen LogP contribution < -0.4 is 21.3 Å². The van der Waals surface area contributed by atoms with Gasteiger partial charge in [-0.25, -0.2) is 9.59 Å².